The predicted molar refractivity (Wildman–Crippen MR) is 168 cm³/mol. The van der Waals surface area contributed by atoms with E-state index in [1.807, 2.05) is 42.5 Å². The zero-order valence-corrected chi connectivity index (χ0v) is 24.8. The minimum atomic E-state index is -0.329. The van der Waals surface area contributed by atoms with Crippen molar-refractivity contribution in [1.82, 2.24) is 9.55 Å². The van der Waals surface area contributed by atoms with Crippen molar-refractivity contribution in [2.24, 2.45) is 7.05 Å². The molecule has 3 heterocycles. The number of carbonyl (C=O) groups is 2. The number of nitrogens with zero attached hydrogens (tertiary/aromatic N) is 3. The molecule has 0 atom stereocenters. The number of aryl methyl sites for hydroxylation is 2. The average Bonchev–Trinajstić information content (AvgIpc) is 2.98. The van der Waals surface area contributed by atoms with Gasteiger partial charge in [0.15, 0.2) is 5.82 Å². The highest BCUT2D eigenvalue weighted by molar-refractivity contribution is 6.09. The summed E-state index contributed by atoms with van der Waals surface area (Å²) in [5.74, 6) is -0.0414. The van der Waals surface area contributed by atoms with Gasteiger partial charge in [0.2, 0.25) is 5.91 Å². The van der Waals surface area contributed by atoms with Gasteiger partial charge >= 0.3 is 0 Å². The number of amides is 2. The maximum absolute atomic E-state index is 13.7. The number of rotatable bonds is 5. The molecule has 2 aliphatic rings. The van der Waals surface area contributed by atoms with E-state index in [1.165, 1.54) is 10.1 Å². The molecule has 3 N–H and O–H groups in total. The van der Waals surface area contributed by atoms with Crippen molar-refractivity contribution >= 4 is 34.7 Å². The fourth-order valence-corrected chi connectivity index (χ4v) is 5.82. The highest BCUT2D eigenvalue weighted by Crippen LogP contribution is 2.35. The molecule has 2 amide bonds. The van der Waals surface area contributed by atoms with Crippen LogP contribution in [-0.4, -0.2) is 33.0 Å². The Morgan fingerprint density at radius 3 is 2.53 bits per heavy atom. The summed E-state index contributed by atoms with van der Waals surface area (Å²) in [7, 11) is 1.64. The molecule has 1 aromatic heterocycles. The molecule has 9 heteroatoms. The highest BCUT2D eigenvalue weighted by atomic mass is 16.3. The number of aliphatic hydroxyl groups excluding tert-OH is 1. The molecule has 0 bridgehead atoms. The van der Waals surface area contributed by atoms with Gasteiger partial charge in [-0.05, 0) is 59.2 Å². The first-order valence-electron chi connectivity index (χ1n) is 14.5. The molecule has 220 valence electrons. The first-order valence-corrected chi connectivity index (χ1v) is 14.5. The van der Waals surface area contributed by atoms with Crippen LogP contribution in [-0.2, 0) is 36.7 Å². The zero-order chi connectivity index (χ0) is 30.5. The fourth-order valence-electron chi connectivity index (χ4n) is 5.82. The Balaban J connectivity index is 1.35. The van der Waals surface area contributed by atoms with E-state index in [9.17, 15) is 19.5 Å². The monoisotopic (exact) mass is 577 g/mol. The van der Waals surface area contributed by atoms with Gasteiger partial charge in [-0.2, -0.15) is 0 Å². The molecule has 4 aromatic rings. The van der Waals surface area contributed by atoms with Gasteiger partial charge in [-0.15, -0.1) is 0 Å². The standard InChI is InChI=1S/C34H35N5O4/c1-34(2,3)22-10-12-24-21(16-22)14-15-39(32(24)42)29-7-5-6-25(26(29)19-40)28-18-38(4)33(43)31(37-28)35-23-11-8-20-9-13-30(41)36-27(20)17-23/h5-8,10-12,16-18,40H,9,13-15,19H2,1-4H3,(H,35,37)(H,36,41). The van der Waals surface area contributed by atoms with Gasteiger partial charge in [-0.25, -0.2) is 4.98 Å². The molecule has 0 fully saturated rings. The second-order valence-electron chi connectivity index (χ2n) is 12.2. The minimum Gasteiger partial charge on any atom is -0.392 e. The van der Waals surface area contributed by atoms with Crippen molar-refractivity contribution in [3.63, 3.8) is 0 Å². The van der Waals surface area contributed by atoms with Crippen molar-refractivity contribution < 1.29 is 14.7 Å². The van der Waals surface area contributed by atoms with E-state index in [4.69, 9.17) is 0 Å². The van der Waals surface area contributed by atoms with Crippen molar-refractivity contribution in [3.05, 3.63) is 99.0 Å². The number of nitrogens with one attached hydrogen (secondary N) is 2. The third-order valence-corrected chi connectivity index (χ3v) is 8.27. The zero-order valence-electron chi connectivity index (χ0n) is 24.8. The molecule has 43 heavy (non-hydrogen) atoms. The Hall–Kier alpha value is -4.76. The normalized spacial score (nSPS) is 14.7. The largest absolute Gasteiger partial charge is 0.392 e. The van der Waals surface area contributed by atoms with Gasteiger partial charge in [0.05, 0.1) is 18.0 Å². The van der Waals surface area contributed by atoms with Crippen LogP contribution >= 0.6 is 0 Å². The topological polar surface area (TPSA) is 117 Å². The maximum Gasteiger partial charge on any atom is 0.293 e. The van der Waals surface area contributed by atoms with Crippen LogP contribution in [0.3, 0.4) is 0 Å². The van der Waals surface area contributed by atoms with Crippen LogP contribution in [0.4, 0.5) is 22.9 Å². The van der Waals surface area contributed by atoms with Gasteiger partial charge in [-0.1, -0.05) is 51.1 Å². The summed E-state index contributed by atoms with van der Waals surface area (Å²) in [6.45, 7) is 6.64. The molecule has 2 aliphatic heterocycles. The van der Waals surface area contributed by atoms with Gasteiger partial charge in [0.25, 0.3) is 11.5 Å². The lowest BCUT2D eigenvalue weighted by Crippen LogP contribution is -2.38. The van der Waals surface area contributed by atoms with Crippen LogP contribution in [0.1, 0.15) is 59.8 Å². The third kappa shape index (κ3) is 5.32. The molecule has 0 unspecified atom stereocenters. The van der Waals surface area contributed by atoms with Gasteiger partial charge in [-0.3, -0.25) is 14.4 Å². The second-order valence-corrected chi connectivity index (χ2v) is 12.2. The number of aliphatic hydroxyl groups is 1. The SMILES string of the molecule is Cn1cc(-c2cccc(N3CCc4cc(C(C)(C)C)ccc4C3=O)c2CO)nc(Nc2ccc3c(c2)NC(=O)CC3)c1=O. The lowest BCUT2D eigenvalue weighted by atomic mass is 9.84. The lowest BCUT2D eigenvalue weighted by Gasteiger charge is -2.32. The van der Waals surface area contributed by atoms with Crippen molar-refractivity contribution in [3.8, 4) is 11.3 Å². The summed E-state index contributed by atoms with van der Waals surface area (Å²) < 4.78 is 1.44. The van der Waals surface area contributed by atoms with Crippen LogP contribution < -0.4 is 21.1 Å². The number of aromatic nitrogens is 2. The molecule has 0 saturated heterocycles. The van der Waals surface area contributed by atoms with Crippen LogP contribution in [0.15, 0.2) is 65.6 Å². The smallest absolute Gasteiger partial charge is 0.293 e. The van der Waals surface area contributed by atoms with E-state index in [0.29, 0.717) is 65.3 Å². The number of benzene rings is 3. The van der Waals surface area contributed by atoms with E-state index < -0.39 is 0 Å². The second kappa shape index (κ2) is 10.8. The van der Waals surface area contributed by atoms with E-state index in [2.05, 4.69) is 42.5 Å². The van der Waals surface area contributed by atoms with Crippen molar-refractivity contribution in [1.29, 1.82) is 0 Å². The molecule has 0 saturated carbocycles. The summed E-state index contributed by atoms with van der Waals surface area (Å²) in [6, 6.07) is 17.1. The molecule has 0 spiro atoms. The predicted octanol–water partition coefficient (Wildman–Crippen LogP) is 5.07. The average molecular weight is 578 g/mol. The lowest BCUT2D eigenvalue weighted by molar-refractivity contribution is -0.116. The number of carbonyl (C=O) groups excluding carboxylic acids is 2. The summed E-state index contributed by atoms with van der Waals surface area (Å²) >= 11 is 0. The fraction of sp³-hybridized carbons (Fsp3) is 0.294. The molecule has 0 radical (unpaired) electrons. The Morgan fingerprint density at radius 2 is 1.77 bits per heavy atom. The highest BCUT2D eigenvalue weighted by Gasteiger charge is 2.29. The van der Waals surface area contributed by atoms with Crippen molar-refractivity contribution in [2.45, 2.75) is 52.1 Å². The van der Waals surface area contributed by atoms with Crippen LogP contribution in [0, 0.1) is 0 Å². The first-order chi connectivity index (χ1) is 20.5. The first kappa shape index (κ1) is 28.4. The molecule has 6 rings (SSSR count). The van der Waals surface area contributed by atoms with E-state index in [0.717, 1.165) is 11.1 Å². The number of hydrogen-bond donors (Lipinski definition) is 3. The molecular weight excluding hydrogens is 542 g/mol. The quantitative estimate of drug-likeness (QED) is 0.305. The van der Waals surface area contributed by atoms with Crippen LogP contribution in [0.2, 0.25) is 0 Å². The molecular formula is C34H35N5O4. The van der Waals surface area contributed by atoms with E-state index >= 15 is 0 Å². The Kier molecular flexibility index (Phi) is 7.14. The summed E-state index contributed by atoms with van der Waals surface area (Å²) in [4.78, 5) is 45.1. The van der Waals surface area contributed by atoms with E-state index in [-0.39, 0.29) is 35.2 Å². The Bertz CT molecular complexity index is 1840. The molecule has 3 aromatic carbocycles. The summed E-state index contributed by atoms with van der Waals surface area (Å²) in [6.07, 6.45) is 3.44. The number of hydrogen-bond acceptors (Lipinski definition) is 6. The van der Waals surface area contributed by atoms with Crippen molar-refractivity contribution in [2.75, 3.05) is 22.1 Å². The minimum absolute atomic E-state index is 0.0140. The molecule has 9 nitrogen and oxygen atoms in total. The van der Waals surface area contributed by atoms with Gasteiger partial charge < -0.3 is 25.2 Å². The van der Waals surface area contributed by atoms with Crippen LogP contribution in [0.5, 0.6) is 0 Å². The Labute approximate surface area is 250 Å². The van der Waals surface area contributed by atoms with Gasteiger partial charge in [0, 0.05) is 54.3 Å². The third-order valence-electron chi connectivity index (χ3n) is 8.27. The summed E-state index contributed by atoms with van der Waals surface area (Å²) in [5.41, 5.74) is 7.19. The number of anilines is 4. The Morgan fingerprint density at radius 1 is 0.953 bits per heavy atom. The van der Waals surface area contributed by atoms with E-state index in [1.54, 1.807) is 24.2 Å². The maximum atomic E-state index is 13.7. The molecule has 0 aliphatic carbocycles. The summed E-state index contributed by atoms with van der Waals surface area (Å²) in [5, 5.41) is 16.6. The number of fused-ring (bicyclic) bond motifs is 2. The van der Waals surface area contributed by atoms with Crippen LogP contribution in [0.25, 0.3) is 11.3 Å². The van der Waals surface area contributed by atoms with Gasteiger partial charge in [0.1, 0.15) is 0 Å².